The second kappa shape index (κ2) is 4.58. The fourth-order valence-corrected chi connectivity index (χ4v) is 1.87. The second-order valence-electron chi connectivity index (χ2n) is 3.55. The van der Waals surface area contributed by atoms with Gasteiger partial charge in [0.05, 0.1) is 0 Å². The van der Waals surface area contributed by atoms with Crippen LogP contribution in [0.1, 0.15) is 20.3 Å². The number of carboxylic acid groups (broad SMARTS) is 1. The van der Waals surface area contributed by atoms with Crippen molar-refractivity contribution in [3.63, 3.8) is 0 Å². The Labute approximate surface area is 78.9 Å². The number of carbonyl (C=O) groups is 1. The van der Waals surface area contributed by atoms with Crippen molar-refractivity contribution < 1.29 is 9.90 Å². The minimum absolute atomic E-state index is 0.308. The Morgan fingerprint density at radius 1 is 1.77 bits per heavy atom. The van der Waals surface area contributed by atoms with Crippen LogP contribution in [0, 0.1) is 0 Å². The van der Waals surface area contributed by atoms with E-state index in [1.807, 2.05) is 6.92 Å². The molecule has 1 aliphatic heterocycles. The fourth-order valence-electron chi connectivity index (χ4n) is 1.87. The van der Waals surface area contributed by atoms with Gasteiger partial charge in [0, 0.05) is 25.7 Å². The normalized spacial score (nSPS) is 27.1. The molecule has 0 aliphatic carbocycles. The van der Waals surface area contributed by atoms with Crippen LogP contribution in [0.15, 0.2) is 0 Å². The summed E-state index contributed by atoms with van der Waals surface area (Å²) < 4.78 is 0. The Morgan fingerprint density at radius 3 is 2.92 bits per heavy atom. The Kier molecular flexibility index (Phi) is 3.69. The third-order valence-corrected chi connectivity index (χ3v) is 2.62. The van der Waals surface area contributed by atoms with Crippen molar-refractivity contribution in [2.24, 2.45) is 0 Å². The molecule has 76 valence electrons. The third kappa shape index (κ3) is 2.42. The summed E-state index contributed by atoms with van der Waals surface area (Å²) in [6, 6.07) is 0.0203. The van der Waals surface area contributed by atoms with E-state index in [1.54, 1.807) is 0 Å². The van der Waals surface area contributed by atoms with Crippen LogP contribution in [0.5, 0.6) is 0 Å². The fraction of sp³-hybridized carbons (Fsp3) is 0.889. The predicted octanol–water partition coefficient (Wildman–Crippen LogP) is 0.143. The average Bonchev–Trinajstić information content (AvgIpc) is 2.09. The van der Waals surface area contributed by atoms with Crippen molar-refractivity contribution >= 4 is 5.97 Å². The molecule has 2 N–H and O–H groups in total. The summed E-state index contributed by atoms with van der Waals surface area (Å²) in [7, 11) is 0. The van der Waals surface area contributed by atoms with Gasteiger partial charge in [0.15, 0.2) is 0 Å². The van der Waals surface area contributed by atoms with Crippen molar-refractivity contribution in [3.05, 3.63) is 0 Å². The van der Waals surface area contributed by atoms with Crippen molar-refractivity contribution in [1.29, 1.82) is 0 Å². The molecule has 1 heterocycles. The average molecular weight is 186 g/mol. The summed E-state index contributed by atoms with van der Waals surface area (Å²) in [5.41, 5.74) is 0. The van der Waals surface area contributed by atoms with E-state index < -0.39 is 5.97 Å². The van der Waals surface area contributed by atoms with E-state index in [1.165, 1.54) is 0 Å². The molecule has 13 heavy (non-hydrogen) atoms. The van der Waals surface area contributed by atoms with Gasteiger partial charge >= 0.3 is 5.97 Å². The topological polar surface area (TPSA) is 52.6 Å². The maximum atomic E-state index is 10.9. The van der Waals surface area contributed by atoms with Crippen molar-refractivity contribution in [1.82, 2.24) is 10.2 Å². The molecule has 4 heteroatoms. The van der Waals surface area contributed by atoms with E-state index in [9.17, 15) is 4.79 Å². The Hall–Kier alpha value is -0.610. The maximum Gasteiger partial charge on any atom is 0.320 e. The van der Waals surface area contributed by atoms with Gasteiger partial charge in [0.25, 0.3) is 0 Å². The highest BCUT2D eigenvalue weighted by atomic mass is 16.4. The highest BCUT2D eigenvalue weighted by molar-refractivity contribution is 5.73. The van der Waals surface area contributed by atoms with Crippen molar-refractivity contribution in [3.8, 4) is 0 Å². The largest absolute Gasteiger partial charge is 0.480 e. The smallest absolute Gasteiger partial charge is 0.320 e. The zero-order chi connectivity index (χ0) is 9.84. The minimum Gasteiger partial charge on any atom is -0.480 e. The highest BCUT2D eigenvalue weighted by Crippen LogP contribution is 2.11. The van der Waals surface area contributed by atoms with Crippen LogP contribution < -0.4 is 5.32 Å². The Balaban J connectivity index is 2.60. The van der Waals surface area contributed by atoms with Gasteiger partial charge in [-0.15, -0.1) is 0 Å². The van der Waals surface area contributed by atoms with Gasteiger partial charge in [-0.25, -0.2) is 0 Å². The Morgan fingerprint density at radius 2 is 2.46 bits per heavy atom. The molecule has 1 aliphatic rings. The van der Waals surface area contributed by atoms with Crippen molar-refractivity contribution in [2.45, 2.75) is 32.4 Å². The number of nitrogens with zero attached hydrogens (tertiary/aromatic N) is 1. The molecule has 0 aromatic rings. The number of rotatable bonds is 3. The monoisotopic (exact) mass is 186 g/mol. The van der Waals surface area contributed by atoms with Crippen LogP contribution in [0.2, 0.25) is 0 Å². The molecule has 0 aromatic carbocycles. The quantitative estimate of drug-likeness (QED) is 0.658. The van der Waals surface area contributed by atoms with E-state index in [0.717, 1.165) is 19.6 Å². The standard InChI is InChI=1S/C9H18N2O2/c1-3-8(9(12)13)11-5-4-10-6-7(11)2/h7-8,10H,3-6H2,1-2H3,(H,12,13)/t7-,8?/m1/s1. The van der Waals surface area contributed by atoms with Gasteiger partial charge in [0.2, 0.25) is 0 Å². The summed E-state index contributed by atoms with van der Waals surface area (Å²) in [5, 5.41) is 12.2. The summed E-state index contributed by atoms with van der Waals surface area (Å²) in [5.74, 6) is -0.698. The first kappa shape index (κ1) is 10.5. The number of aliphatic carboxylic acids is 1. The van der Waals surface area contributed by atoms with Crippen molar-refractivity contribution in [2.75, 3.05) is 19.6 Å². The lowest BCUT2D eigenvalue weighted by Crippen LogP contribution is -2.55. The van der Waals surface area contributed by atoms with Gasteiger partial charge in [0.1, 0.15) is 6.04 Å². The molecule has 0 bridgehead atoms. The number of hydrogen-bond acceptors (Lipinski definition) is 3. The zero-order valence-electron chi connectivity index (χ0n) is 8.29. The van der Waals surface area contributed by atoms with Gasteiger partial charge in [-0.3, -0.25) is 9.69 Å². The van der Waals surface area contributed by atoms with Gasteiger partial charge in [-0.2, -0.15) is 0 Å². The van der Waals surface area contributed by atoms with Crippen LogP contribution in [0.3, 0.4) is 0 Å². The van der Waals surface area contributed by atoms with E-state index in [2.05, 4.69) is 17.1 Å². The van der Waals surface area contributed by atoms with Crippen LogP contribution in [0.25, 0.3) is 0 Å². The molecule has 0 amide bonds. The summed E-state index contributed by atoms with van der Waals surface area (Å²) in [6.45, 7) is 6.62. The number of nitrogens with one attached hydrogen (secondary N) is 1. The van der Waals surface area contributed by atoms with Gasteiger partial charge in [-0.05, 0) is 13.3 Å². The minimum atomic E-state index is -0.698. The molecule has 0 aromatic heterocycles. The molecule has 1 fully saturated rings. The van der Waals surface area contributed by atoms with E-state index >= 15 is 0 Å². The van der Waals surface area contributed by atoms with E-state index in [4.69, 9.17) is 5.11 Å². The lowest BCUT2D eigenvalue weighted by Gasteiger charge is -2.37. The molecular formula is C9H18N2O2. The summed E-state index contributed by atoms with van der Waals surface area (Å²) >= 11 is 0. The summed E-state index contributed by atoms with van der Waals surface area (Å²) in [6.07, 6.45) is 0.680. The summed E-state index contributed by atoms with van der Waals surface area (Å²) in [4.78, 5) is 13.0. The molecule has 1 rings (SSSR count). The molecular weight excluding hydrogens is 168 g/mol. The molecule has 4 nitrogen and oxygen atoms in total. The van der Waals surface area contributed by atoms with E-state index in [-0.39, 0.29) is 6.04 Å². The van der Waals surface area contributed by atoms with Crippen LogP contribution >= 0.6 is 0 Å². The molecule has 0 radical (unpaired) electrons. The van der Waals surface area contributed by atoms with Gasteiger partial charge in [-0.1, -0.05) is 6.92 Å². The lowest BCUT2D eigenvalue weighted by atomic mass is 10.1. The highest BCUT2D eigenvalue weighted by Gasteiger charge is 2.29. The first-order valence-corrected chi connectivity index (χ1v) is 4.86. The molecule has 1 unspecified atom stereocenters. The molecule has 1 saturated heterocycles. The number of hydrogen-bond donors (Lipinski definition) is 2. The maximum absolute atomic E-state index is 10.9. The van der Waals surface area contributed by atoms with Crippen LogP contribution in [-0.2, 0) is 4.79 Å². The molecule has 0 spiro atoms. The van der Waals surface area contributed by atoms with E-state index in [0.29, 0.717) is 12.5 Å². The number of piperazine rings is 1. The third-order valence-electron chi connectivity index (χ3n) is 2.62. The first-order chi connectivity index (χ1) is 6.16. The molecule has 0 saturated carbocycles. The predicted molar refractivity (Wildman–Crippen MR) is 50.8 cm³/mol. The van der Waals surface area contributed by atoms with Gasteiger partial charge < -0.3 is 10.4 Å². The van der Waals surface area contributed by atoms with Crippen LogP contribution in [0.4, 0.5) is 0 Å². The zero-order valence-corrected chi connectivity index (χ0v) is 8.29. The second-order valence-corrected chi connectivity index (χ2v) is 3.55. The molecule has 2 atom stereocenters. The SMILES string of the molecule is CCC(C(=O)O)N1CCNC[C@H]1C. The first-order valence-electron chi connectivity index (χ1n) is 4.86. The van der Waals surface area contributed by atoms with Crippen LogP contribution in [-0.4, -0.2) is 47.7 Å². The number of carboxylic acids is 1. The Bertz CT molecular complexity index is 184. The lowest BCUT2D eigenvalue weighted by molar-refractivity contribution is -0.144.